The number of aromatic nitrogens is 2. The molecule has 0 unspecified atom stereocenters. The van der Waals surface area contributed by atoms with Gasteiger partial charge in [0.25, 0.3) is 0 Å². The molecule has 0 saturated carbocycles. The summed E-state index contributed by atoms with van der Waals surface area (Å²) in [6.45, 7) is 0. The van der Waals surface area contributed by atoms with Gasteiger partial charge >= 0.3 is 0 Å². The van der Waals surface area contributed by atoms with Crippen LogP contribution in [0.2, 0.25) is 0 Å². The molecule has 1 heterocycles. The molecule has 21 heavy (non-hydrogen) atoms. The number of rotatable bonds is 4. The predicted molar refractivity (Wildman–Crippen MR) is 89.7 cm³/mol. The minimum absolute atomic E-state index is 0.0877. The predicted octanol–water partition coefficient (Wildman–Crippen LogP) is 2.10. The average molecular weight is 395 g/mol. The molecule has 0 fully saturated rings. The van der Waals surface area contributed by atoms with Crippen molar-refractivity contribution in [3.63, 3.8) is 0 Å². The molecule has 0 atom stereocenters. The molecule has 0 radical (unpaired) electrons. The zero-order valence-electron chi connectivity index (χ0n) is 11.7. The van der Waals surface area contributed by atoms with Gasteiger partial charge in [-0.1, -0.05) is 12.1 Å². The molecule has 0 N–H and O–H groups in total. The normalized spacial score (nSPS) is 10.8. The quantitative estimate of drug-likeness (QED) is 0.452. The van der Waals surface area contributed by atoms with Crippen molar-refractivity contribution in [3.05, 3.63) is 68.3 Å². The zero-order valence-corrected chi connectivity index (χ0v) is 13.8. The van der Waals surface area contributed by atoms with Crippen molar-refractivity contribution in [1.82, 2.24) is 14.7 Å². The van der Waals surface area contributed by atoms with E-state index in [-0.39, 0.29) is 11.1 Å². The summed E-state index contributed by atoms with van der Waals surface area (Å²) in [6, 6.07) is 8.96. The van der Waals surface area contributed by atoms with Gasteiger partial charge in [0.15, 0.2) is 5.69 Å². The Morgan fingerprint density at radius 3 is 2.67 bits per heavy atom. The first-order valence-corrected chi connectivity index (χ1v) is 7.31. The monoisotopic (exact) mass is 395 g/mol. The van der Waals surface area contributed by atoms with Crippen LogP contribution < -0.4 is 5.43 Å². The molecule has 6 heteroatoms. The lowest BCUT2D eigenvalue weighted by atomic mass is 10.2. The number of hydrogen-bond donors (Lipinski definition) is 0. The van der Waals surface area contributed by atoms with E-state index in [1.807, 2.05) is 24.3 Å². The highest BCUT2D eigenvalue weighted by Gasteiger charge is 2.11. The Bertz CT molecular complexity index is 751. The van der Waals surface area contributed by atoms with Crippen molar-refractivity contribution < 1.29 is 4.79 Å². The highest BCUT2D eigenvalue weighted by Crippen LogP contribution is 2.14. The van der Waals surface area contributed by atoms with Gasteiger partial charge in [-0.2, -0.15) is 5.10 Å². The van der Waals surface area contributed by atoms with Crippen LogP contribution in [-0.4, -0.2) is 34.6 Å². The number of carbonyl (C=O) groups is 1. The standard InChI is InChI=1S/C15H14IN3O2/c1-18(2)9-7-13(20)15-14(21)8-10-19(17-15)12-6-4-3-5-11(12)16/h3-10H,1-2H3. The van der Waals surface area contributed by atoms with Crippen molar-refractivity contribution >= 4 is 28.4 Å². The van der Waals surface area contributed by atoms with E-state index >= 15 is 0 Å². The van der Waals surface area contributed by atoms with Gasteiger partial charge in [-0.3, -0.25) is 9.59 Å². The molecule has 0 aliphatic rings. The fourth-order valence-electron chi connectivity index (χ4n) is 1.65. The topological polar surface area (TPSA) is 55.2 Å². The summed E-state index contributed by atoms with van der Waals surface area (Å²) in [5.41, 5.74) is 0.351. The summed E-state index contributed by atoms with van der Waals surface area (Å²) in [7, 11) is 3.60. The largest absolute Gasteiger partial charge is 0.383 e. The molecule has 0 aliphatic heterocycles. The summed E-state index contributed by atoms with van der Waals surface area (Å²) in [4.78, 5) is 25.6. The van der Waals surface area contributed by atoms with Crippen LogP contribution in [0.4, 0.5) is 0 Å². The highest BCUT2D eigenvalue weighted by molar-refractivity contribution is 14.1. The lowest BCUT2D eigenvalue weighted by Gasteiger charge is -2.08. The average Bonchev–Trinajstić information content (AvgIpc) is 2.46. The fourth-order valence-corrected chi connectivity index (χ4v) is 2.28. The third-order valence-corrected chi connectivity index (χ3v) is 3.58. The Morgan fingerprint density at radius 2 is 2.00 bits per heavy atom. The molecule has 2 aromatic rings. The second kappa shape index (κ2) is 6.66. The van der Waals surface area contributed by atoms with E-state index in [1.54, 1.807) is 36.1 Å². The molecule has 2 rings (SSSR count). The van der Waals surface area contributed by atoms with Crippen molar-refractivity contribution in [2.75, 3.05) is 14.1 Å². The van der Waals surface area contributed by atoms with Crippen LogP contribution in [0.15, 0.2) is 53.6 Å². The summed E-state index contributed by atoms with van der Waals surface area (Å²) >= 11 is 2.18. The van der Waals surface area contributed by atoms with Crippen molar-refractivity contribution in [3.8, 4) is 5.69 Å². The third kappa shape index (κ3) is 3.78. The van der Waals surface area contributed by atoms with Crippen LogP contribution in [0.5, 0.6) is 0 Å². The second-order valence-electron chi connectivity index (χ2n) is 4.57. The molecule has 5 nitrogen and oxygen atoms in total. The van der Waals surface area contributed by atoms with Gasteiger partial charge in [-0.15, -0.1) is 0 Å². The second-order valence-corrected chi connectivity index (χ2v) is 5.73. The van der Waals surface area contributed by atoms with Gasteiger partial charge in [-0.05, 0) is 34.7 Å². The van der Waals surface area contributed by atoms with E-state index in [2.05, 4.69) is 27.7 Å². The SMILES string of the molecule is CN(C)C=CC(=O)c1nn(-c2ccccc2I)ccc1=O. The van der Waals surface area contributed by atoms with Crippen LogP contribution in [0.25, 0.3) is 5.69 Å². The minimum atomic E-state index is -0.408. The first kappa shape index (κ1) is 15.4. The number of carbonyl (C=O) groups excluding carboxylic acids is 1. The Balaban J connectivity index is 2.45. The molecule has 0 amide bonds. The molecule has 1 aromatic heterocycles. The van der Waals surface area contributed by atoms with Gasteiger partial charge in [0.2, 0.25) is 11.2 Å². The first-order chi connectivity index (χ1) is 9.99. The van der Waals surface area contributed by atoms with Gasteiger partial charge in [0.1, 0.15) is 0 Å². The maximum atomic E-state index is 12.0. The maximum Gasteiger partial charge on any atom is 0.211 e. The number of para-hydroxylation sites is 1. The fraction of sp³-hybridized carbons (Fsp3) is 0.133. The number of halogens is 1. The van der Waals surface area contributed by atoms with Crippen LogP contribution in [0, 0.1) is 3.57 Å². The number of ketones is 1. The lowest BCUT2D eigenvalue weighted by Crippen LogP contribution is -2.20. The van der Waals surface area contributed by atoms with Crippen molar-refractivity contribution in [1.29, 1.82) is 0 Å². The minimum Gasteiger partial charge on any atom is -0.383 e. The van der Waals surface area contributed by atoms with Crippen LogP contribution >= 0.6 is 22.6 Å². The summed E-state index contributed by atoms with van der Waals surface area (Å²) in [5, 5.41) is 4.16. The maximum absolute atomic E-state index is 12.0. The van der Waals surface area contributed by atoms with E-state index < -0.39 is 5.78 Å². The van der Waals surface area contributed by atoms with Gasteiger partial charge in [0, 0.05) is 42.2 Å². The van der Waals surface area contributed by atoms with E-state index in [4.69, 9.17) is 0 Å². The van der Waals surface area contributed by atoms with Gasteiger partial charge < -0.3 is 4.90 Å². The van der Waals surface area contributed by atoms with Gasteiger partial charge in [0.05, 0.1) is 5.69 Å². The van der Waals surface area contributed by atoms with E-state index in [0.29, 0.717) is 0 Å². The first-order valence-electron chi connectivity index (χ1n) is 6.23. The zero-order chi connectivity index (χ0) is 15.4. The smallest absolute Gasteiger partial charge is 0.211 e. The Labute approximate surface area is 136 Å². The molecule has 0 saturated heterocycles. The lowest BCUT2D eigenvalue weighted by molar-refractivity contribution is 0.103. The molecule has 0 bridgehead atoms. The summed E-state index contributed by atoms with van der Waals surface area (Å²) in [5.74, 6) is -0.408. The van der Waals surface area contributed by atoms with E-state index in [1.165, 1.54) is 12.1 Å². The summed E-state index contributed by atoms with van der Waals surface area (Å²) < 4.78 is 2.52. The van der Waals surface area contributed by atoms with E-state index in [9.17, 15) is 9.59 Å². The molecule has 1 aromatic carbocycles. The van der Waals surface area contributed by atoms with Crippen LogP contribution in [0.3, 0.4) is 0 Å². The number of benzene rings is 1. The highest BCUT2D eigenvalue weighted by atomic mass is 127. The number of hydrogen-bond acceptors (Lipinski definition) is 4. The number of nitrogens with zero attached hydrogens (tertiary/aromatic N) is 3. The van der Waals surface area contributed by atoms with Crippen LogP contribution in [0.1, 0.15) is 10.5 Å². The van der Waals surface area contributed by atoms with Gasteiger partial charge in [-0.25, -0.2) is 4.68 Å². The third-order valence-electron chi connectivity index (χ3n) is 2.66. The molecular formula is C15H14IN3O2. The van der Waals surface area contributed by atoms with Crippen molar-refractivity contribution in [2.45, 2.75) is 0 Å². The Hall–Kier alpha value is -1.96. The molecular weight excluding hydrogens is 381 g/mol. The number of allylic oxidation sites excluding steroid dienone is 1. The van der Waals surface area contributed by atoms with E-state index in [0.717, 1.165) is 9.26 Å². The van der Waals surface area contributed by atoms with Crippen LogP contribution in [-0.2, 0) is 0 Å². The molecule has 108 valence electrons. The molecule has 0 spiro atoms. The Kier molecular flexibility index (Phi) is 4.89. The summed E-state index contributed by atoms with van der Waals surface area (Å²) in [6.07, 6.45) is 4.49. The van der Waals surface area contributed by atoms with Crippen molar-refractivity contribution in [2.24, 2.45) is 0 Å². The Morgan fingerprint density at radius 1 is 1.29 bits per heavy atom. The molecule has 0 aliphatic carbocycles.